The summed E-state index contributed by atoms with van der Waals surface area (Å²) >= 11 is 11.3. The summed E-state index contributed by atoms with van der Waals surface area (Å²) in [4.78, 5) is 0. The van der Waals surface area contributed by atoms with Gasteiger partial charge in [0.15, 0.2) is 5.57 Å². The average Bonchev–Trinajstić information content (AvgIpc) is 2.38. The van der Waals surface area contributed by atoms with E-state index < -0.39 is 11.4 Å². The van der Waals surface area contributed by atoms with Crippen LogP contribution in [0.15, 0.2) is 23.4 Å². The van der Waals surface area contributed by atoms with Crippen LogP contribution in [-0.4, -0.2) is 0 Å². The van der Waals surface area contributed by atoms with Gasteiger partial charge in [-0.3, -0.25) is 0 Å². The number of benzene rings is 1. The summed E-state index contributed by atoms with van der Waals surface area (Å²) in [6.07, 6.45) is 0. The van der Waals surface area contributed by atoms with Gasteiger partial charge in [0.25, 0.3) is 0 Å². The van der Waals surface area contributed by atoms with E-state index in [0.29, 0.717) is 0 Å². The molecule has 0 radical (unpaired) electrons. The molecule has 88 valence electrons. The van der Waals surface area contributed by atoms with Crippen LogP contribution in [0.1, 0.15) is 0 Å². The summed E-state index contributed by atoms with van der Waals surface area (Å²) in [6, 6.07) is 7.03. The van der Waals surface area contributed by atoms with E-state index in [9.17, 15) is 4.39 Å². The maximum absolute atomic E-state index is 13.0. The smallest absolute Gasteiger partial charge is 0.163 e. The van der Waals surface area contributed by atoms with Crippen LogP contribution < -0.4 is 5.32 Å². The van der Waals surface area contributed by atoms with Crippen LogP contribution >= 0.6 is 23.2 Å². The lowest BCUT2D eigenvalue weighted by atomic mass is 10.2. The molecule has 7 heteroatoms. The molecule has 1 aromatic rings. The Hall–Kier alpha value is -2.26. The first-order chi connectivity index (χ1) is 8.54. The number of anilines is 1. The molecular weight excluding hydrogens is 278 g/mol. The fourth-order valence-electron chi connectivity index (χ4n) is 1.04. The Labute approximate surface area is 112 Å². The first-order valence-electron chi connectivity index (χ1n) is 4.40. The van der Waals surface area contributed by atoms with Crippen molar-refractivity contribution in [3.05, 3.63) is 39.3 Å². The summed E-state index contributed by atoms with van der Waals surface area (Å²) in [5, 5.41) is 28.1. The van der Waals surface area contributed by atoms with Gasteiger partial charge >= 0.3 is 0 Å². The Morgan fingerprint density at radius 1 is 1.06 bits per heavy atom. The number of nitriles is 3. The average molecular weight is 281 g/mol. The largest absolute Gasteiger partial charge is 0.344 e. The Morgan fingerprint density at radius 3 is 2.17 bits per heavy atom. The minimum atomic E-state index is -0.713. The van der Waals surface area contributed by atoms with Crippen molar-refractivity contribution in [2.75, 3.05) is 5.32 Å². The number of nitrogens with one attached hydrogen (secondary N) is 1. The topological polar surface area (TPSA) is 83.4 Å². The zero-order valence-electron chi connectivity index (χ0n) is 8.63. The van der Waals surface area contributed by atoms with Crippen molar-refractivity contribution < 1.29 is 4.39 Å². The van der Waals surface area contributed by atoms with Gasteiger partial charge in [-0.15, -0.1) is 0 Å². The standard InChI is InChI=1S/C11H3Cl2FN4/c12-10-7(14)1-2-8(11(10)13)18-9(5-17)6(3-15)4-16/h1-2,18H. The molecule has 1 aromatic carbocycles. The molecule has 0 amide bonds. The van der Waals surface area contributed by atoms with Crippen molar-refractivity contribution in [3.8, 4) is 18.2 Å². The Bertz CT molecular complexity index is 631. The predicted molar refractivity (Wildman–Crippen MR) is 63.9 cm³/mol. The third-order valence-electron chi connectivity index (χ3n) is 1.88. The van der Waals surface area contributed by atoms with Crippen LogP contribution in [0.5, 0.6) is 0 Å². The Morgan fingerprint density at radius 2 is 1.67 bits per heavy atom. The van der Waals surface area contributed by atoms with Gasteiger partial charge in [0, 0.05) is 0 Å². The molecule has 0 fully saturated rings. The number of allylic oxidation sites excluding steroid dienone is 2. The van der Waals surface area contributed by atoms with Gasteiger partial charge in [-0.2, -0.15) is 15.8 Å². The molecule has 0 heterocycles. The second-order valence-corrected chi connectivity index (χ2v) is 3.69. The van der Waals surface area contributed by atoms with Gasteiger partial charge in [-0.05, 0) is 12.1 Å². The molecule has 0 bridgehead atoms. The summed E-state index contributed by atoms with van der Waals surface area (Å²) < 4.78 is 13.0. The van der Waals surface area contributed by atoms with Crippen LogP contribution in [-0.2, 0) is 0 Å². The van der Waals surface area contributed by atoms with Crippen LogP contribution in [0.2, 0.25) is 10.0 Å². The SMILES string of the molecule is N#CC(C#N)=C(C#N)Nc1ccc(F)c(Cl)c1Cl. The van der Waals surface area contributed by atoms with E-state index in [1.165, 1.54) is 6.07 Å². The maximum atomic E-state index is 13.0. The normalized spacial score (nSPS) is 8.67. The second-order valence-electron chi connectivity index (χ2n) is 2.93. The molecule has 4 nitrogen and oxygen atoms in total. The van der Waals surface area contributed by atoms with Crippen molar-refractivity contribution in [2.45, 2.75) is 0 Å². The molecule has 1 rings (SSSR count). The highest BCUT2D eigenvalue weighted by Gasteiger charge is 2.13. The lowest BCUT2D eigenvalue weighted by molar-refractivity contribution is 0.628. The molecule has 0 spiro atoms. The van der Waals surface area contributed by atoms with Crippen molar-refractivity contribution in [1.29, 1.82) is 15.8 Å². The molecule has 0 aromatic heterocycles. The van der Waals surface area contributed by atoms with Gasteiger partial charge in [-0.1, -0.05) is 23.2 Å². The lowest BCUT2D eigenvalue weighted by Crippen LogP contribution is -2.01. The molecule has 0 aliphatic heterocycles. The number of hydrogen-bond acceptors (Lipinski definition) is 4. The highest BCUT2D eigenvalue weighted by Crippen LogP contribution is 2.32. The predicted octanol–water partition coefficient (Wildman–Crippen LogP) is 3.37. The fraction of sp³-hybridized carbons (Fsp3) is 0. The summed E-state index contributed by atoms with van der Waals surface area (Å²) in [5.74, 6) is -0.713. The van der Waals surface area contributed by atoms with Gasteiger partial charge in [-0.25, -0.2) is 4.39 Å². The highest BCUT2D eigenvalue weighted by molar-refractivity contribution is 6.43. The molecule has 0 saturated carbocycles. The van der Waals surface area contributed by atoms with E-state index in [-0.39, 0.29) is 21.4 Å². The molecule has 0 unspecified atom stereocenters. The van der Waals surface area contributed by atoms with Crippen molar-refractivity contribution in [2.24, 2.45) is 0 Å². The van der Waals surface area contributed by atoms with Gasteiger partial charge in [0.2, 0.25) is 0 Å². The first-order valence-corrected chi connectivity index (χ1v) is 5.15. The third kappa shape index (κ3) is 2.70. The molecule has 18 heavy (non-hydrogen) atoms. The first kappa shape index (κ1) is 13.8. The summed E-state index contributed by atoms with van der Waals surface area (Å²) in [6.45, 7) is 0. The van der Waals surface area contributed by atoms with Crippen molar-refractivity contribution in [3.63, 3.8) is 0 Å². The second kappa shape index (κ2) is 5.89. The van der Waals surface area contributed by atoms with Crippen LogP contribution in [0, 0.1) is 39.8 Å². The third-order valence-corrected chi connectivity index (χ3v) is 2.74. The summed E-state index contributed by atoms with van der Waals surface area (Å²) in [7, 11) is 0. The minimum absolute atomic E-state index is 0.127. The monoisotopic (exact) mass is 280 g/mol. The molecule has 1 N–H and O–H groups in total. The zero-order valence-corrected chi connectivity index (χ0v) is 10.1. The van der Waals surface area contributed by atoms with Crippen LogP contribution in [0.4, 0.5) is 10.1 Å². The van der Waals surface area contributed by atoms with E-state index in [1.54, 1.807) is 18.2 Å². The minimum Gasteiger partial charge on any atom is -0.344 e. The summed E-state index contributed by atoms with van der Waals surface area (Å²) in [5.41, 5.74) is -0.568. The van der Waals surface area contributed by atoms with E-state index in [0.717, 1.165) is 6.07 Å². The van der Waals surface area contributed by atoms with E-state index in [2.05, 4.69) is 5.32 Å². The van der Waals surface area contributed by atoms with Crippen LogP contribution in [0.3, 0.4) is 0 Å². The molecule has 0 saturated heterocycles. The Balaban J connectivity index is 3.26. The molecule has 0 atom stereocenters. The van der Waals surface area contributed by atoms with Gasteiger partial charge in [0.1, 0.15) is 29.7 Å². The number of halogens is 3. The number of hydrogen-bond donors (Lipinski definition) is 1. The molecule has 0 aliphatic rings. The van der Waals surface area contributed by atoms with Gasteiger partial charge in [0.05, 0.1) is 15.7 Å². The molecule has 0 aliphatic carbocycles. The zero-order chi connectivity index (χ0) is 13.7. The van der Waals surface area contributed by atoms with Crippen molar-refractivity contribution in [1.82, 2.24) is 0 Å². The highest BCUT2D eigenvalue weighted by atomic mass is 35.5. The lowest BCUT2D eigenvalue weighted by Gasteiger charge is -2.08. The van der Waals surface area contributed by atoms with E-state index in [1.807, 2.05) is 0 Å². The van der Waals surface area contributed by atoms with Crippen LogP contribution in [0.25, 0.3) is 0 Å². The number of nitrogens with zero attached hydrogens (tertiary/aromatic N) is 3. The van der Waals surface area contributed by atoms with Crippen molar-refractivity contribution >= 4 is 28.9 Å². The maximum Gasteiger partial charge on any atom is 0.163 e. The Kier molecular flexibility index (Phi) is 4.52. The quantitative estimate of drug-likeness (QED) is 0.665. The van der Waals surface area contributed by atoms with E-state index in [4.69, 9.17) is 39.0 Å². The molecular formula is C11H3Cl2FN4. The van der Waals surface area contributed by atoms with E-state index >= 15 is 0 Å². The number of rotatable bonds is 2. The fourth-order valence-corrected chi connectivity index (χ4v) is 1.41. The van der Waals surface area contributed by atoms with Gasteiger partial charge < -0.3 is 5.32 Å².